The fourth-order valence-corrected chi connectivity index (χ4v) is 2.77. The zero-order chi connectivity index (χ0) is 11.5. The Morgan fingerprint density at radius 1 is 1.56 bits per heavy atom. The molecule has 2 rings (SSSR count). The third-order valence-electron chi connectivity index (χ3n) is 1.93. The summed E-state index contributed by atoms with van der Waals surface area (Å²) in [7, 11) is 0. The third-order valence-corrected chi connectivity index (χ3v) is 3.63. The highest BCUT2D eigenvalue weighted by Crippen LogP contribution is 2.30. The summed E-state index contributed by atoms with van der Waals surface area (Å²) in [4.78, 5) is 19.6. The van der Waals surface area contributed by atoms with Crippen LogP contribution in [0.1, 0.15) is 5.56 Å². The summed E-state index contributed by atoms with van der Waals surface area (Å²) in [6.45, 7) is 0. The second-order valence-electron chi connectivity index (χ2n) is 3.10. The zero-order valence-corrected chi connectivity index (χ0v) is 10.5. The van der Waals surface area contributed by atoms with Gasteiger partial charge in [-0.05, 0) is 22.0 Å². The molecule has 6 heteroatoms. The standard InChI is InChI=1S/C10H7BrN2O2S/c11-7-2-8(16-4-7)10-6(1-9(14)15)3-12-5-13-10/h2-5H,1H2,(H,14,15). The zero-order valence-electron chi connectivity index (χ0n) is 8.05. The number of carboxylic acid groups (broad SMARTS) is 1. The Morgan fingerprint density at radius 3 is 3.00 bits per heavy atom. The second-order valence-corrected chi connectivity index (χ2v) is 4.92. The fraction of sp³-hybridized carbons (Fsp3) is 0.100. The van der Waals surface area contributed by atoms with Crippen molar-refractivity contribution in [2.75, 3.05) is 0 Å². The number of thiophene rings is 1. The highest BCUT2D eigenvalue weighted by Gasteiger charge is 2.11. The summed E-state index contributed by atoms with van der Waals surface area (Å²) in [5.41, 5.74) is 1.32. The molecule has 0 saturated carbocycles. The normalized spacial score (nSPS) is 10.3. The Morgan fingerprint density at radius 2 is 2.38 bits per heavy atom. The summed E-state index contributed by atoms with van der Waals surface area (Å²) in [6.07, 6.45) is 2.91. The van der Waals surface area contributed by atoms with E-state index in [1.165, 1.54) is 17.7 Å². The molecule has 0 atom stereocenters. The Bertz CT molecular complexity index is 527. The molecule has 0 aliphatic heterocycles. The van der Waals surface area contributed by atoms with Gasteiger partial charge in [0.25, 0.3) is 0 Å². The van der Waals surface area contributed by atoms with Crippen molar-refractivity contribution < 1.29 is 9.90 Å². The van der Waals surface area contributed by atoms with Crippen molar-refractivity contribution in [1.82, 2.24) is 9.97 Å². The fourth-order valence-electron chi connectivity index (χ4n) is 1.31. The number of carbonyl (C=O) groups is 1. The molecule has 0 saturated heterocycles. The Labute approximate surface area is 104 Å². The van der Waals surface area contributed by atoms with Crippen LogP contribution in [0.25, 0.3) is 10.6 Å². The molecular weight excluding hydrogens is 292 g/mol. The molecule has 0 unspecified atom stereocenters. The van der Waals surface area contributed by atoms with E-state index < -0.39 is 5.97 Å². The van der Waals surface area contributed by atoms with E-state index in [1.807, 2.05) is 11.4 Å². The first kappa shape index (κ1) is 11.2. The van der Waals surface area contributed by atoms with Gasteiger partial charge in [0.1, 0.15) is 6.33 Å². The van der Waals surface area contributed by atoms with E-state index in [0.717, 1.165) is 9.35 Å². The van der Waals surface area contributed by atoms with Crippen LogP contribution in [0.3, 0.4) is 0 Å². The van der Waals surface area contributed by atoms with Gasteiger partial charge in [0.2, 0.25) is 0 Å². The number of nitrogens with zero attached hydrogens (tertiary/aromatic N) is 2. The molecular formula is C10H7BrN2O2S. The molecule has 0 fully saturated rings. The maximum Gasteiger partial charge on any atom is 0.307 e. The van der Waals surface area contributed by atoms with Crippen LogP contribution in [-0.2, 0) is 11.2 Å². The summed E-state index contributed by atoms with van der Waals surface area (Å²) >= 11 is 4.87. The predicted octanol–water partition coefficient (Wildman–Crippen LogP) is 2.59. The quantitative estimate of drug-likeness (QED) is 0.946. The minimum absolute atomic E-state index is 0.0638. The molecule has 16 heavy (non-hydrogen) atoms. The van der Waals surface area contributed by atoms with Gasteiger partial charge in [-0.25, -0.2) is 9.97 Å². The van der Waals surface area contributed by atoms with Gasteiger partial charge in [0, 0.05) is 21.6 Å². The lowest BCUT2D eigenvalue weighted by Crippen LogP contribution is -2.03. The second kappa shape index (κ2) is 4.71. The van der Waals surface area contributed by atoms with Gasteiger partial charge in [-0.2, -0.15) is 0 Å². The third kappa shape index (κ3) is 2.45. The molecule has 0 spiro atoms. The monoisotopic (exact) mass is 298 g/mol. The molecule has 0 bridgehead atoms. The van der Waals surface area contributed by atoms with E-state index in [0.29, 0.717) is 11.3 Å². The lowest BCUT2D eigenvalue weighted by atomic mass is 10.1. The maximum atomic E-state index is 10.7. The van der Waals surface area contributed by atoms with E-state index in [4.69, 9.17) is 5.11 Å². The molecule has 2 aromatic heterocycles. The lowest BCUT2D eigenvalue weighted by Gasteiger charge is -2.02. The van der Waals surface area contributed by atoms with Crippen molar-refractivity contribution in [3.63, 3.8) is 0 Å². The van der Waals surface area contributed by atoms with Gasteiger partial charge in [-0.3, -0.25) is 4.79 Å². The average molecular weight is 299 g/mol. The van der Waals surface area contributed by atoms with Crippen LogP contribution in [0.5, 0.6) is 0 Å². The summed E-state index contributed by atoms with van der Waals surface area (Å²) in [6, 6.07) is 1.92. The van der Waals surface area contributed by atoms with Crippen LogP contribution in [0, 0.1) is 0 Å². The molecule has 0 aromatic carbocycles. The average Bonchev–Trinajstić information content (AvgIpc) is 2.65. The maximum absolute atomic E-state index is 10.7. The number of aliphatic carboxylic acids is 1. The number of hydrogen-bond donors (Lipinski definition) is 1. The van der Waals surface area contributed by atoms with Crippen LogP contribution < -0.4 is 0 Å². The molecule has 4 nitrogen and oxygen atoms in total. The van der Waals surface area contributed by atoms with Crippen molar-refractivity contribution in [3.05, 3.63) is 34.0 Å². The number of halogens is 1. The Balaban J connectivity index is 2.43. The summed E-state index contributed by atoms with van der Waals surface area (Å²) in [5, 5.41) is 10.7. The van der Waals surface area contributed by atoms with Gasteiger partial charge in [-0.15, -0.1) is 11.3 Å². The predicted molar refractivity (Wildman–Crippen MR) is 64.4 cm³/mol. The van der Waals surface area contributed by atoms with Gasteiger partial charge < -0.3 is 5.11 Å². The van der Waals surface area contributed by atoms with Gasteiger partial charge >= 0.3 is 5.97 Å². The van der Waals surface area contributed by atoms with Crippen LogP contribution in [0.4, 0.5) is 0 Å². The van der Waals surface area contributed by atoms with Crippen molar-refractivity contribution >= 4 is 33.2 Å². The van der Waals surface area contributed by atoms with Crippen LogP contribution in [0.2, 0.25) is 0 Å². The van der Waals surface area contributed by atoms with Crippen molar-refractivity contribution in [2.45, 2.75) is 6.42 Å². The van der Waals surface area contributed by atoms with Crippen LogP contribution in [-0.4, -0.2) is 21.0 Å². The topological polar surface area (TPSA) is 63.1 Å². The van der Waals surface area contributed by atoms with Gasteiger partial charge in [-0.1, -0.05) is 0 Å². The van der Waals surface area contributed by atoms with E-state index in [9.17, 15) is 4.79 Å². The van der Waals surface area contributed by atoms with Crippen LogP contribution in [0.15, 0.2) is 28.4 Å². The molecule has 0 radical (unpaired) electrons. The highest BCUT2D eigenvalue weighted by atomic mass is 79.9. The minimum atomic E-state index is -0.883. The van der Waals surface area contributed by atoms with E-state index in [-0.39, 0.29) is 6.42 Å². The molecule has 0 aliphatic rings. The largest absolute Gasteiger partial charge is 0.481 e. The molecule has 0 amide bonds. The van der Waals surface area contributed by atoms with Gasteiger partial charge in [0.15, 0.2) is 0 Å². The smallest absolute Gasteiger partial charge is 0.307 e. The first-order valence-corrected chi connectivity index (χ1v) is 6.09. The first-order valence-electron chi connectivity index (χ1n) is 4.42. The Kier molecular flexibility index (Phi) is 3.31. The van der Waals surface area contributed by atoms with Crippen molar-refractivity contribution in [2.24, 2.45) is 0 Å². The molecule has 0 aliphatic carbocycles. The number of aromatic nitrogens is 2. The number of rotatable bonds is 3. The van der Waals surface area contributed by atoms with E-state index in [1.54, 1.807) is 6.20 Å². The van der Waals surface area contributed by atoms with Gasteiger partial charge in [0.05, 0.1) is 17.0 Å². The van der Waals surface area contributed by atoms with Crippen LogP contribution >= 0.6 is 27.3 Å². The lowest BCUT2D eigenvalue weighted by molar-refractivity contribution is -0.136. The van der Waals surface area contributed by atoms with Crippen molar-refractivity contribution in [1.29, 1.82) is 0 Å². The minimum Gasteiger partial charge on any atom is -0.481 e. The summed E-state index contributed by atoms with van der Waals surface area (Å²) in [5.74, 6) is -0.883. The van der Waals surface area contributed by atoms with Crippen molar-refractivity contribution in [3.8, 4) is 10.6 Å². The molecule has 2 aromatic rings. The first-order chi connectivity index (χ1) is 7.66. The highest BCUT2D eigenvalue weighted by molar-refractivity contribution is 9.10. The van der Waals surface area contributed by atoms with E-state index in [2.05, 4.69) is 25.9 Å². The molecule has 2 heterocycles. The summed E-state index contributed by atoms with van der Waals surface area (Å²) < 4.78 is 0.965. The number of carboxylic acids is 1. The molecule has 1 N–H and O–H groups in total. The number of hydrogen-bond acceptors (Lipinski definition) is 4. The SMILES string of the molecule is O=C(O)Cc1cncnc1-c1cc(Br)cs1. The Hall–Kier alpha value is -1.27. The van der Waals surface area contributed by atoms with E-state index >= 15 is 0 Å². The molecule has 82 valence electrons.